The van der Waals surface area contributed by atoms with E-state index in [0.29, 0.717) is 23.2 Å². The van der Waals surface area contributed by atoms with Gasteiger partial charge in [-0.3, -0.25) is 4.79 Å². The second-order valence-electron chi connectivity index (χ2n) is 7.71. The monoisotopic (exact) mass is 284 g/mol. The van der Waals surface area contributed by atoms with Gasteiger partial charge in [-0.15, -0.1) is 12.4 Å². The van der Waals surface area contributed by atoms with Crippen LogP contribution in [-0.4, -0.2) is 29.9 Å². The van der Waals surface area contributed by atoms with Crippen molar-refractivity contribution in [1.82, 2.24) is 4.90 Å². The number of hydrogen-bond acceptors (Lipinski definition) is 2. The Morgan fingerprint density at radius 1 is 1.16 bits per heavy atom. The van der Waals surface area contributed by atoms with Crippen LogP contribution >= 0.6 is 12.4 Å². The molecule has 0 aromatic carbocycles. The van der Waals surface area contributed by atoms with Gasteiger partial charge in [0.15, 0.2) is 0 Å². The van der Waals surface area contributed by atoms with Crippen molar-refractivity contribution in [2.75, 3.05) is 13.1 Å². The molecule has 2 N–H and O–H groups in total. The Kier molecular flexibility index (Phi) is 2.96. The number of nitrogens with zero attached hydrogens (tertiary/aromatic N) is 1. The van der Waals surface area contributed by atoms with Gasteiger partial charge in [-0.1, -0.05) is 13.8 Å². The lowest BCUT2D eigenvalue weighted by Gasteiger charge is -2.32. The third kappa shape index (κ3) is 1.70. The number of nitrogens with two attached hydrogens (primary N) is 1. The average molecular weight is 285 g/mol. The van der Waals surface area contributed by atoms with Crippen molar-refractivity contribution in [2.45, 2.75) is 39.2 Å². The van der Waals surface area contributed by atoms with Crippen LogP contribution in [0, 0.1) is 35.0 Å². The summed E-state index contributed by atoms with van der Waals surface area (Å²) in [6.45, 7) is 6.68. The fourth-order valence-electron chi connectivity index (χ4n) is 5.22. The van der Waals surface area contributed by atoms with Crippen molar-refractivity contribution in [3.63, 3.8) is 0 Å². The van der Waals surface area contributed by atoms with Crippen LogP contribution in [0.4, 0.5) is 0 Å². The average Bonchev–Trinajstić information content (AvgIpc) is 2.86. The Bertz CT molecular complexity index is 395. The number of carbonyl (C=O) groups is 1. The van der Waals surface area contributed by atoms with Crippen molar-refractivity contribution in [3.05, 3.63) is 0 Å². The van der Waals surface area contributed by atoms with Crippen LogP contribution in [-0.2, 0) is 4.79 Å². The van der Waals surface area contributed by atoms with Crippen LogP contribution in [0.25, 0.3) is 0 Å². The van der Waals surface area contributed by atoms with Gasteiger partial charge in [-0.05, 0) is 48.3 Å². The van der Waals surface area contributed by atoms with E-state index < -0.39 is 0 Å². The minimum Gasteiger partial charge on any atom is -0.342 e. The van der Waals surface area contributed by atoms with E-state index >= 15 is 0 Å². The largest absolute Gasteiger partial charge is 0.342 e. The van der Waals surface area contributed by atoms with Crippen molar-refractivity contribution in [3.8, 4) is 0 Å². The summed E-state index contributed by atoms with van der Waals surface area (Å²) >= 11 is 0. The number of fused-ring (bicyclic) bond motifs is 3. The minimum atomic E-state index is 0. The van der Waals surface area contributed by atoms with E-state index in [0.717, 1.165) is 24.9 Å². The first-order valence-electron chi connectivity index (χ1n) is 7.54. The minimum absolute atomic E-state index is 0. The van der Waals surface area contributed by atoms with Crippen LogP contribution < -0.4 is 5.73 Å². The van der Waals surface area contributed by atoms with Crippen LogP contribution in [0.3, 0.4) is 0 Å². The van der Waals surface area contributed by atoms with Crippen molar-refractivity contribution < 1.29 is 4.79 Å². The molecular formula is C15H25ClN2O. The molecule has 0 aromatic rings. The van der Waals surface area contributed by atoms with Gasteiger partial charge in [0.05, 0.1) is 5.92 Å². The first kappa shape index (κ1) is 13.7. The van der Waals surface area contributed by atoms with Crippen molar-refractivity contribution >= 4 is 18.3 Å². The molecule has 2 bridgehead atoms. The molecule has 6 unspecified atom stereocenters. The summed E-state index contributed by atoms with van der Waals surface area (Å²) in [5.74, 6) is 3.30. The number of piperidine rings is 1. The molecule has 3 saturated carbocycles. The summed E-state index contributed by atoms with van der Waals surface area (Å²) in [5.41, 5.74) is 6.78. The second kappa shape index (κ2) is 4.11. The summed E-state index contributed by atoms with van der Waals surface area (Å²) in [6.07, 6.45) is 3.71. The topological polar surface area (TPSA) is 46.3 Å². The maximum Gasteiger partial charge on any atom is 0.227 e. The van der Waals surface area contributed by atoms with Gasteiger partial charge < -0.3 is 10.6 Å². The lowest BCUT2D eigenvalue weighted by atomic mass is 9.84. The maximum atomic E-state index is 12.7. The van der Waals surface area contributed by atoms with E-state index in [1.165, 1.54) is 19.3 Å². The molecule has 1 heterocycles. The quantitative estimate of drug-likeness (QED) is 0.799. The zero-order valence-corrected chi connectivity index (χ0v) is 12.7. The first-order chi connectivity index (χ1) is 8.50. The SMILES string of the molecule is CC1(C)C2CN(C(=O)C3C4CCC(C4)C3N)CC21.Cl. The number of carbonyl (C=O) groups excluding carboxylic acids is 1. The molecule has 3 aliphatic carbocycles. The van der Waals surface area contributed by atoms with Crippen LogP contribution in [0.5, 0.6) is 0 Å². The number of rotatable bonds is 1. The molecule has 1 amide bonds. The third-order valence-electron chi connectivity index (χ3n) is 6.70. The van der Waals surface area contributed by atoms with Gasteiger partial charge in [0.1, 0.15) is 0 Å². The summed E-state index contributed by atoms with van der Waals surface area (Å²) in [7, 11) is 0. The standard InChI is InChI=1S/C15H24N2O.ClH/c1-15(2)10-6-17(7-11(10)15)14(18)12-8-3-4-9(5-8)13(12)16;/h8-13H,3-7,16H2,1-2H3;1H. The molecule has 3 nitrogen and oxygen atoms in total. The molecule has 6 atom stereocenters. The second-order valence-corrected chi connectivity index (χ2v) is 7.71. The van der Waals surface area contributed by atoms with Crippen molar-refractivity contribution in [1.29, 1.82) is 0 Å². The van der Waals surface area contributed by atoms with Crippen LogP contribution in [0.1, 0.15) is 33.1 Å². The Morgan fingerprint density at radius 2 is 1.74 bits per heavy atom. The summed E-state index contributed by atoms with van der Waals surface area (Å²) in [5, 5.41) is 0. The van der Waals surface area contributed by atoms with Gasteiger partial charge in [0.2, 0.25) is 5.91 Å². The first-order valence-corrected chi connectivity index (χ1v) is 7.54. The fourth-order valence-corrected chi connectivity index (χ4v) is 5.22. The molecule has 108 valence electrons. The van der Waals surface area contributed by atoms with E-state index in [4.69, 9.17) is 5.73 Å². The van der Waals surface area contributed by atoms with E-state index in [1.807, 2.05) is 0 Å². The molecule has 0 aromatic heterocycles. The molecule has 1 aliphatic heterocycles. The normalized spacial score (nSPS) is 48.9. The molecule has 4 heteroatoms. The summed E-state index contributed by atoms with van der Waals surface area (Å²) in [6, 6.07) is 0.154. The maximum absolute atomic E-state index is 12.7. The zero-order valence-electron chi connectivity index (χ0n) is 11.8. The highest BCUT2D eigenvalue weighted by atomic mass is 35.5. The Morgan fingerprint density at radius 3 is 2.26 bits per heavy atom. The highest BCUT2D eigenvalue weighted by Gasteiger charge is 2.63. The molecule has 19 heavy (non-hydrogen) atoms. The highest BCUT2D eigenvalue weighted by molar-refractivity contribution is 5.85. The van der Waals surface area contributed by atoms with Gasteiger partial charge in [-0.25, -0.2) is 0 Å². The molecule has 4 rings (SSSR count). The number of amides is 1. The lowest BCUT2D eigenvalue weighted by Crippen LogP contribution is -2.47. The number of likely N-dealkylation sites (tertiary alicyclic amines) is 1. The predicted octanol–water partition coefficient (Wildman–Crippen LogP) is 1.90. The van der Waals surface area contributed by atoms with E-state index in [1.54, 1.807) is 0 Å². The molecule has 0 spiro atoms. The van der Waals surface area contributed by atoms with Gasteiger partial charge in [0, 0.05) is 19.1 Å². The number of halogens is 1. The Balaban J connectivity index is 0.00000110. The van der Waals surface area contributed by atoms with Crippen molar-refractivity contribution in [2.24, 2.45) is 40.7 Å². The molecule has 4 aliphatic rings. The number of hydrogen-bond donors (Lipinski definition) is 1. The van der Waals surface area contributed by atoms with Crippen LogP contribution in [0.15, 0.2) is 0 Å². The van der Waals surface area contributed by atoms with Gasteiger partial charge in [-0.2, -0.15) is 0 Å². The molecule has 1 saturated heterocycles. The summed E-state index contributed by atoms with van der Waals surface area (Å²) < 4.78 is 0. The van der Waals surface area contributed by atoms with E-state index in [2.05, 4.69) is 18.7 Å². The predicted molar refractivity (Wildman–Crippen MR) is 76.9 cm³/mol. The van der Waals surface area contributed by atoms with Crippen LogP contribution in [0.2, 0.25) is 0 Å². The van der Waals surface area contributed by atoms with Gasteiger partial charge in [0.25, 0.3) is 0 Å². The van der Waals surface area contributed by atoms with E-state index in [9.17, 15) is 4.79 Å². The Hall–Kier alpha value is -0.280. The molecule has 0 radical (unpaired) electrons. The zero-order chi connectivity index (χ0) is 12.7. The molecular weight excluding hydrogens is 260 g/mol. The van der Waals surface area contributed by atoms with E-state index in [-0.39, 0.29) is 24.4 Å². The van der Waals surface area contributed by atoms with Gasteiger partial charge >= 0.3 is 0 Å². The summed E-state index contributed by atoms with van der Waals surface area (Å²) in [4.78, 5) is 14.8. The smallest absolute Gasteiger partial charge is 0.227 e. The fraction of sp³-hybridized carbons (Fsp3) is 0.933. The molecule has 4 fully saturated rings. The lowest BCUT2D eigenvalue weighted by molar-refractivity contribution is -0.137. The Labute approximate surface area is 121 Å². The highest BCUT2D eigenvalue weighted by Crippen LogP contribution is 2.62. The third-order valence-corrected chi connectivity index (χ3v) is 6.70.